The summed E-state index contributed by atoms with van der Waals surface area (Å²) in [6.45, 7) is -0.633. The number of H-pyrrole nitrogens is 1. The Morgan fingerprint density at radius 1 is 1.64 bits per heavy atom. The maximum absolute atomic E-state index is 12.5. The van der Waals surface area contributed by atoms with Crippen molar-refractivity contribution in [2.75, 3.05) is 6.54 Å². The van der Waals surface area contributed by atoms with Gasteiger partial charge in [-0.05, 0) is 0 Å². The Labute approximate surface area is 62.6 Å². The van der Waals surface area contributed by atoms with Crippen LogP contribution in [0.1, 0.15) is 5.69 Å². The van der Waals surface area contributed by atoms with Crippen LogP contribution in [0.2, 0.25) is 0 Å². The van der Waals surface area contributed by atoms with Gasteiger partial charge in [0.1, 0.15) is 0 Å². The molecule has 5 heteroatoms. The SMILES string of the molecule is NCC(F)(F)Cc1cnc[nH]1. The van der Waals surface area contributed by atoms with Gasteiger partial charge in [0, 0.05) is 11.9 Å². The largest absolute Gasteiger partial charge is 0.348 e. The molecule has 3 nitrogen and oxygen atoms in total. The molecule has 0 bridgehead atoms. The van der Waals surface area contributed by atoms with E-state index in [-0.39, 0.29) is 6.42 Å². The predicted octanol–water partition coefficient (Wildman–Crippen LogP) is 0.546. The van der Waals surface area contributed by atoms with Gasteiger partial charge in [0.05, 0.1) is 19.3 Å². The Morgan fingerprint density at radius 2 is 2.36 bits per heavy atom. The molecular weight excluding hydrogens is 152 g/mol. The summed E-state index contributed by atoms with van der Waals surface area (Å²) in [5.74, 6) is -2.83. The van der Waals surface area contributed by atoms with E-state index in [9.17, 15) is 8.78 Å². The minimum atomic E-state index is -2.83. The molecule has 3 N–H and O–H groups in total. The van der Waals surface area contributed by atoms with Gasteiger partial charge in [-0.25, -0.2) is 13.8 Å². The van der Waals surface area contributed by atoms with Crippen molar-refractivity contribution in [3.05, 3.63) is 18.2 Å². The Morgan fingerprint density at radius 3 is 2.82 bits per heavy atom. The average Bonchev–Trinajstić information content (AvgIpc) is 2.39. The Hall–Kier alpha value is -0.970. The van der Waals surface area contributed by atoms with Gasteiger partial charge in [0.25, 0.3) is 5.92 Å². The summed E-state index contributed by atoms with van der Waals surface area (Å²) in [5, 5.41) is 0. The van der Waals surface area contributed by atoms with Crippen LogP contribution in [0.25, 0.3) is 0 Å². The summed E-state index contributed by atoms with van der Waals surface area (Å²) < 4.78 is 25.1. The lowest BCUT2D eigenvalue weighted by atomic mass is 10.2. The quantitative estimate of drug-likeness (QED) is 0.680. The fraction of sp³-hybridized carbons (Fsp3) is 0.500. The van der Waals surface area contributed by atoms with E-state index in [1.807, 2.05) is 0 Å². The summed E-state index contributed by atoms with van der Waals surface area (Å²) in [7, 11) is 0. The lowest BCUT2D eigenvalue weighted by molar-refractivity contribution is 0.0106. The molecule has 0 aliphatic carbocycles. The molecule has 0 saturated heterocycles. The zero-order valence-corrected chi connectivity index (χ0v) is 5.85. The van der Waals surface area contributed by atoms with Crippen LogP contribution in [0.3, 0.4) is 0 Å². The van der Waals surface area contributed by atoms with E-state index in [0.717, 1.165) is 0 Å². The minimum Gasteiger partial charge on any atom is -0.348 e. The van der Waals surface area contributed by atoms with Gasteiger partial charge in [-0.1, -0.05) is 0 Å². The fourth-order valence-corrected chi connectivity index (χ4v) is 0.732. The molecule has 1 heterocycles. The molecular formula is C6H9F2N3. The zero-order valence-electron chi connectivity index (χ0n) is 5.85. The first-order chi connectivity index (χ1) is 5.14. The molecule has 0 aliphatic heterocycles. The van der Waals surface area contributed by atoms with Crippen molar-refractivity contribution in [2.45, 2.75) is 12.3 Å². The molecule has 0 fully saturated rings. The van der Waals surface area contributed by atoms with Crippen LogP contribution in [0.15, 0.2) is 12.5 Å². The molecule has 11 heavy (non-hydrogen) atoms. The zero-order chi connectivity index (χ0) is 8.32. The second-order valence-corrected chi connectivity index (χ2v) is 2.31. The molecule has 1 aromatic heterocycles. The van der Waals surface area contributed by atoms with Crippen molar-refractivity contribution in [2.24, 2.45) is 5.73 Å². The van der Waals surface area contributed by atoms with Crippen LogP contribution >= 0.6 is 0 Å². The highest BCUT2D eigenvalue weighted by Gasteiger charge is 2.27. The highest BCUT2D eigenvalue weighted by Crippen LogP contribution is 2.16. The maximum atomic E-state index is 12.5. The van der Waals surface area contributed by atoms with Gasteiger partial charge < -0.3 is 10.7 Å². The van der Waals surface area contributed by atoms with Gasteiger partial charge >= 0.3 is 0 Å². The first kappa shape index (κ1) is 8.13. The number of aromatic amines is 1. The Bertz CT molecular complexity index is 208. The summed E-state index contributed by atoms with van der Waals surface area (Å²) in [4.78, 5) is 6.19. The summed E-state index contributed by atoms with van der Waals surface area (Å²) in [6.07, 6.45) is 2.36. The van der Waals surface area contributed by atoms with E-state index in [1.54, 1.807) is 0 Å². The molecule has 0 saturated carbocycles. The minimum absolute atomic E-state index is 0.372. The molecule has 0 spiro atoms. The van der Waals surface area contributed by atoms with Crippen LogP contribution in [-0.2, 0) is 6.42 Å². The molecule has 1 rings (SSSR count). The highest BCUT2D eigenvalue weighted by atomic mass is 19.3. The van der Waals surface area contributed by atoms with E-state index < -0.39 is 12.5 Å². The van der Waals surface area contributed by atoms with Crippen LogP contribution in [0, 0.1) is 0 Å². The third-order valence-electron chi connectivity index (χ3n) is 1.30. The molecule has 0 aliphatic rings. The monoisotopic (exact) mass is 161 g/mol. The van der Waals surface area contributed by atoms with Crippen molar-refractivity contribution in [1.82, 2.24) is 9.97 Å². The first-order valence-corrected chi connectivity index (χ1v) is 3.19. The third kappa shape index (κ3) is 2.27. The van der Waals surface area contributed by atoms with Crippen LogP contribution in [-0.4, -0.2) is 22.4 Å². The van der Waals surface area contributed by atoms with Crippen molar-refractivity contribution >= 4 is 0 Å². The van der Waals surface area contributed by atoms with E-state index in [4.69, 9.17) is 5.73 Å². The molecule has 0 aromatic carbocycles. The van der Waals surface area contributed by atoms with Crippen LogP contribution < -0.4 is 5.73 Å². The number of nitrogens with one attached hydrogen (secondary N) is 1. The fourth-order valence-electron chi connectivity index (χ4n) is 0.732. The summed E-state index contributed by atoms with van der Waals surface area (Å²) >= 11 is 0. The van der Waals surface area contributed by atoms with Gasteiger partial charge in [-0.3, -0.25) is 0 Å². The number of halogens is 2. The topological polar surface area (TPSA) is 54.7 Å². The molecule has 0 amide bonds. The molecule has 1 aromatic rings. The third-order valence-corrected chi connectivity index (χ3v) is 1.30. The number of imidazole rings is 1. The Kier molecular flexibility index (Phi) is 2.19. The van der Waals surface area contributed by atoms with E-state index in [2.05, 4.69) is 9.97 Å². The average molecular weight is 161 g/mol. The van der Waals surface area contributed by atoms with Crippen molar-refractivity contribution in [1.29, 1.82) is 0 Å². The van der Waals surface area contributed by atoms with Gasteiger partial charge in [0.15, 0.2) is 0 Å². The number of hydrogen-bond acceptors (Lipinski definition) is 2. The van der Waals surface area contributed by atoms with Gasteiger partial charge in [-0.15, -0.1) is 0 Å². The second-order valence-electron chi connectivity index (χ2n) is 2.31. The summed E-state index contributed by atoms with van der Waals surface area (Å²) in [5.41, 5.74) is 5.24. The smallest absolute Gasteiger partial charge is 0.265 e. The summed E-state index contributed by atoms with van der Waals surface area (Å²) in [6, 6.07) is 0. The lowest BCUT2D eigenvalue weighted by Gasteiger charge is -2.11. The van der Waals surface area contributed by atoms with Gasteiger partial charge in [0.2, 0.25) is 0 Å². The Balaban J connectivity index is 2.56. The molecule has 62 valence electrons. The van der Waals surface area contributed by atoms with E-state index in [1.165, 1.54) is 12.5 Å². The molecule has 0 radical (unpaired) electrons. The van der Waals surface area contributed by atoms with Crippen molar-refractivity contribution in [3.8, 4) is 0 Å². The number of alkyl halides is 2. The number of aromatic nitrogens is 2. The molecule has 0 unspecified atom stereocenters. The maximum Gasteiger partial charge on any atom is 0.265 e. The van der Waals surface area contributed by atoms with E-state index >= 15 is 0 Å². The van der Waals surface area contributed by atoms with Crippen molar-refractivity contribution < 1.29 is 8.78 Å². The standard InChI is InChI=1S/C6H9F2N3/c7-6(8,3-9)1-5-2-10-4-11-5/h2,4H,1,3,9H2,(H,10,11). The molecule has 0 atom stereocenters. The normalized spacial score (nSPS) is 11.9. The van der Waals surface area contributed by atoms with Crippen LogP contribution in [0.5, 0.6) is 0 Å². The van der Waals surface area contributed by atoms with Crippen LogP contribution in [0.4, 0.5) is 8.78 Å². The number of rotatable bonds is 3. The number of nitrogens with two attached hydrogens (primary N) is 1. The van der Waals surface area contributed by atoms with Gasteiger partial charge in [-0.2, -0.15) is 0 Å². The van der Waals surface area contributed by atoms with E-state index in [0.29, 0.717) is 5.69 Å². The predicted molar refractivity (Wildman–Crippen MR) is 36.3 cm³/mol. The lowest BCUT2D eigenvalue weighted by Crippen LogP contribution is -2.30. The van der Waals surface area contributed by atoms with Crippen molar-refractivity contribution in [3.63, 3.8) is 0 Å². The number of hydrogen-bond donors (Lipinski definition) is 2. The second kappa shape index (κ2) is 2.96. The number of nitrogens with zero attached hydrogens (tertiary/aromatic N) is 1. The first-order valence-electron chi connectivity index (χ1n) is 3.19. The highest BCUT2D eigenvalue weighted by molar-refractivity contribution is 4.98.